The average molecular weight is 164 g/mol. The predicted octanol–water partition coefficient (Wildman–Crippen LogP) is 1.45. The molecule has 0 spiro atoms. The summed E-state index contributed by atoms with van der Waals surface area (Å²) in [4.78, 5) is 9.86. The first kappa shape index (κ1) is 8.23. The highest BCUT2D eigenvalue weighted by Crippen LogP contribution is 2.50. The number of carbonyl (C=O) groups is 1. The van der Waals surface area contributed by atoms with E-state index >= 15 is 0 Å². The quantitative estimate of drug-likeness (QED) is 0.633. The Morgan fingerprint density at radius 1 is 1.73 bits per heavy atom. The van der Waals surface area contributed by atoms with Gasteiger partial charge < -0.3 is 4.74 Å². The molecular formula is C6H8F2NO2. The Balaban J connectivity index is 2.02. The van der Waals surface area contributed by atoms with Crippen LogP contribution < -0.4 is 5.73 Å². The highest BCUT2D eigenvalue weighted by Gasteiger charge is 2.56. The van der Waals surface area contributed by atoms with Crippen LogP contribution in [-0.2, 0) is 4.74 Å². The maximum absolute atomic E-state index is 12.1. The lowest BCUT2D eigenvalue weighted by Crippen LogP contribution is -2.05. The van der Waals surface area contributed by atoms with Gasteiger partial charge >= 0.3 is 6.09 Å². The summed E-state index contributed by atoms with van der Waals surface area (Å²) >= 11 is 0. The predicted molar refractivity (Wildman–Crippen MR) is 32.1 cm³/mol. The van der Waals surface area contributed by atoms with Gasteiger partial charge in [-0.05, 0) is 6.42 Å². The molecule has 0 aromatic heterocycles. The van der Waals surface area contributed by atoms with E-state index in [1.54, 1.807) is 0 Å². The van der Waals surface area contributed by atoms with Crippen LogP contribution >= 0.6 is 0 Å². The Morgan fingerprint density at radius 2 is 2.27 bits per heavy atom. The van der Waals surface area contributed by atoms with Gasteiger partial charge in [0.2, 0.25) is 0 Å². The Bertz CT molecular complexity index is 172. The average Bonchev–Trinajstić information content (AvgIpc) is 2.39. The van der Waals surface area contributed by atoms with Gasteiger partial charge in [0, 0.05) is 12.3 Å². The van der Waals surface area contributed by atoms with Gasteiger partial charge in [0.05, 0.1) is 6.61 Å². The lowest BCUT2D eigenvalue weighted by Gasteiger charge is -1.98. The molecule has 0 saturated heterocycles. The first-order valence-corrected chi connectivity index (χ1v) is 3.28. The summed E-state index contributed by atoms with van der Waals surface area (Å²) < 4.78 is 28.4. The molecule has 1 amide bonds. The van der Waals surface area contributed by atoms with Crippen molar-refractivity contribution in [2.75, 3.05) is 6.61 Å². The fourth-order valence-corrected chi connectivity index (χ4v) is 0.877. The van der Waals surface area contributed by atoms with Crippen LogP contribution in [0.1, 0.15) is 12.8 Å². The second-order valence-electron chi connectivity index (χ2n) is 2.59. The Hall–Kier alpha value is -0.870. The number of rotatable bonds is 3. The van der Waals surface area contributed by atoms with Crippen LogP contribution in [0.15, 0.2) is 0 Å². The number of carbonyl (C=O) groups excluding carboxylic acids is 1. The molecule has 1 unspecified atom stereocenters. The SMILES string of the molecule is [NH]C(=O)OCCC1CC1(F)F. The zero-order valence-electron chi connectivity index (χ0n) is 5.77. The monoisotopic (exact) mass is 164 g/mol. The number of amides is 1. The second-order valence-corrected chi connectivity index (χ2v) is 2.59. The molecule has 1 radical (unpaired) electrons. The fourth-order valence-electron chi connectivity index (χ4n) is 0.877. The largest absolute Gasteiger partial charge is 0.448 e. The van der Waals surface area contributed by atoms with Gasteiger partial charge in [-0.15, -0.1) is 0 Å². The molecule has 0 aliphatic heterocycles. The van der Waals surface area contributed by atoms with Crippen molar-refractivity contribution in [3.63, 3.8) is 0 Å². The molecule has 5 heteroatoms. The van der Waals surface area contributed by atoms with Crippen molar-refractivity contribution in [3.8, 4) is 0 Å². The fraction of sp³-hybridized carbons (Fsp3) is 0.833. The van der Waals surface area contributed by atoms with Crippen LogP contribution in [0.2, 0.25) is 0 Å². The van der Waals surface area contributed by atoms with E-state index in [4.69, 9.17) is 5.73 Å². The van der Waals surface area contributed by atoms with Crippen LogP contribution in [0.3, 0.4) is 0 Å². The number of halogens is 2. The number of nitrogens with one attached hydrogen (secondary N) is 1. The van der Waals surface area contributed by atoms with E-state index in [1.165, 1.54) is 0 Å². The topological polar surface area (TPSA) is 50.1 Å². The summed E-state index contributed by atoms with van der Waals surface area (Å²) in [5, 5.41) is 0. The molecule has 63 valence electrons. The summed E-state index contributed by atoms with van der Waals surface area (Å²) in [6.07, 6.45) is -1.10. The van der Waals surface area contributed by atoms with Crippen molar-refractivity contribution in [1.82, 2.24) is 5.73 Å². The van der Waals surface area contributed by atoms with Gasteiger partial charge in [-0.25, -0.2) is 19.3 Å². The van der Waals surface area contributed by atoms with Gasteiger partial charge in [0.1, 0.15) is 0 Å². The lowest BCUT2D eigenvalue weighted by molar-refractivity contribution is 0.0879. The van der Waals surface area contributed by atoms with Crippen molar-refractivity contribution >= 4 is 6.09 Å². The molecule has 3 nitrogen and oxygen atoms in total. The zero-order valence-corrected chi connectivity index (χ0v) is 5.77. The molecule has 1 fully saturated rings. The molecule has 1 N–H and O–H groups in total. The maximum atomic E-state index is 12.1. The Morgan fingerprint density at radius 3 is 2.64 bits per heavy atom. The summed E-state index contributed by atoms with van der Waals surface area (Å²) in [5.41, 5.74) is 6.29. The lowest BCUT2D eigenvalue weighted by atomic mass is 10.3. The Kier molecular flexibility index (Phi) is 1.97. The summed E-state index contributed by atoms with van der Waals surface area (Å²) in [6, 6.07) is 0. The highest BCUT2D eigenvalue weighted by atomic mass is 19.3. The second kappa shape index (κ2) is 2.64. The summed E-state index contributed by atoms with van der Waals surface area (Å²) in [5.74, 6) is -3.18. The van der Waals surface area contributed by atoms with Crippen LogP contribution in [-0.4, -0.2) is 18.6 Å². The molecule has 0 heterocycles. The molecule has 0 aromatic rings. The van der Waals surface area contributed by atoms with Gasteiger partial charge in [0.25, 0.3) is 5.92 Å². The molecule has 11 heavy (non-hydrogen) atoms. The van der Waals surface area contributed by atoms with E-state index in [2.05, 4.69) is 4.74 Å². The van der Waals surface area contributed by atoms with Crippen LogP contribution in [0.5, 0.6) is 0 Å². The van der Waals surface area contributed by atoms with E-state index < -0.39 is 17.9 Å². The molecule has 1 aliphatic rings. The molecule has 1 rings (SSSR count). The van der Waals surface area contributed by atoms with Crippen molar-refractivity contribution in [2.45, 2.75) is 18.8 Å². The molecule has 0 aromatic carbocycles. The number of hydrogen-bond acceptors (Lipinski definition) is 2. The highest BCUT2D eigenvalue weighted by molar-refractivity contribution is 5.63. The van der Waals surface area contributed by atoms with Crippen LogP contribution in [0.4, 0.5) is 13.6 Å². The van der Waals surface area contributed by atoms with Crippen molar-refractivity contribution in [2.24, 2.45) is 5.92 Å². The van der Waals surface area contributed by atoms with E-state index in [9.17, 15) is 13.6 Å². The van der Waals surface area contributed by atoms with Gasteiger partial charge in [-0.1, -0.05) is 0 Å². The maximum Gasteiger partial charge on any atom is 0.426 e. The molecule has 0 bridgehead atoms. The number of hydrogen-bond donors (Lipinski definition) is 0. The van der Waals surface area contributed by atoms with E-state index in [-0.39, 0.29) is 19.4 Å². The third-order valence-corrected chi connectivity index (χ3v) is 1.66. The van der Waals surface area contributed by atoms with E-state index in [1.807, 2.05) is 0 Å². The third kappa shape index (κ3) is 2.32. The molecular weight excluding hydrogens is 156 g/mol. The third-order valence-electron chi connectivity index (χ3n) is 1.66. The van der Waals surface area contributed by atoms with Gasteiger partial charge in [-0.3, -0.25) is 0 Å². The summed E-state index contributed by atoms with van der Waals surface area (Å²) in [6.45, 7) is -0.0669. The minimum atomic E-state index is -2.55. The number of alkyl halides is 2. The first-order chi connectivity index (χ1) is 5.02. The minimum absolute atomic E-state index is 0.0669. The normalized spacial score (nSPS) is 26.2. The Labute approximate surface area is 62.5 Å². The molecule has 1 atom stereocenters. The van der Waals surface area contributed by atoms with Crippen molar-refractivity contribution in [1.29, 1.82) is 0 Å². The van der Waals surface area contributed by atoms with Crippen molar-refractivity contribution in [3.05, 3.63) is 0 Å². The van der Waals surface area contributed by atoms with E-state index in [0.717, 1.165) is 0 Å². The molecule has 1 saturated carbocycles. The van der Waals surface area contributed by atoms with Crippen LogP contribution in [0, 0.1) is 5.92 Å². The smallest absolute Gasteiger partial charge is 0.426 e. The number of ether oxygens (including phenoxy) is 1. The minimum Gasteiger partial charge on any atom is -0.448 e. The first-order valence-electron chi connectivity index (χ1n) is 3.28. The van der Waals surface area contributed by atoms with Crippen LogP contribution in [0.25, 0.3) is 0 Å². The summed E-state index contributed by atoms with van der Waals surface area (Å²) in [7, 11) is 0. The zero-order chi connectivity index (χ0) is 8.48. The van der Waals surface area contributed by atoms with Crippen molar-refractivity contribution < 1.29 is 18.3 Å². The molecule has 1 aliphatic carbocycles. The standard InChI is InChI=1S/C6H8F2NO2/c7-6(8)3-4(6)1-2-11-5(9)10/h4,9H,1-3H2. The van der Waals surface area contributed by atoms with Gasteiger partial charge in [-0.2, -0.15) is 0 Å². The van der Waals surface area contributed by atoms with Gasteiger partial charge in [0.15, 0.2) is 0 Å². The van der Waals surface area contributed by atoms with E-state index in [0.29, 0.717) is 0 Å².